The lowest BCUT2D eigenvalue weighted by Crippen LogP contribution is -2.29. The first-order chi connectivity index (χ1) is 5.06. The summed E-state index contributed by atoms with van der Waals surface area (Å²) in [4.78, 5) is 10.9. The van der Waals surface area contributed by atoms with Crippen LogP contribution in [0.15, 0.2) is 0 Å². The zero-order chi connectivity index (χ0) is 8.91. The molecule has 0 aromatic rings. The predicted molar refractivity (Wildman–Crippen MR) is 40.9 cm³/mol. The third-order valence-corrected chi connectivity index (χ3v) is 1.62. The Morgan fingerprint density at radius 2 is 2.27 bits per heavy atom. The summed E-state index contributed by atoms with van der Waals surface area (Å²) in [5.41, 5.74) is -0.962. The third-order valence-electron chi connectivity index (χ3n) is 1.62. The minimum absolute atomic E-state index is 0.145. The zero-order valence-corrected chi connectivity index (χ0v) is 7.18. The van der Waals surface area contributed by atoms with Gasteiger partial charge in [0.15, 0.2) is 5.78 Å². The molecule has 0 amide bonds. The van der Waals surface area contributed by atoms with Crippen molar-refractivity contribution >= 4 is 5.78 Å². The molecular weight excluding hydrogens is 142 g/mol. The molecule has 1 unspecified atom stereocenters. The molecule has 0 fully saturated rings. The fraction of sp³-hybridized carbons (Fsp3) is 0.750. The van der Waals surface area contributed by atoms with E-state index in [0.717, 1.165) is 0 Å². The maximum absolute atomic E-state index is 10.9. The van der Waals surface area contributed by atoms with Gasteiger partial charge in [-0.25, -0.2) is 0 Å². The van der Waals surface area contributed by atoms with E-state index in [1.165, 1.54) is 6.92 Å². The molecule has 3 nitrogen and oxygen atoms in total. The number of hydrogen-bond acceptors (Lipinski definition) is 3. The summed E-state index contributed by atoms with van der Waals surface area (Å²) in [6.45, 7) is 5.55. The van der Waals surface area contributed by atoms with Crippen molar-refractivity contribution < 1.29 is 9.53 Å². The van der Waals surface area contributed by atoms with Crippen LogP contribution in [0.25, 0.3) is 0 Å². The Bertz CT molecular complexity index is 183. The highest BCUT2D eigenvalue weighted by Crippen LogP contribution is 2.16. The Balaban J connectivity index is 4.14. The van der Waals surface area contributed by atoms with Crippen molar-refractivity contribution in [1.29, 1.82) is 5.26 Å². The molecule has 0 heterocycles. The SMILES string of the molecule is CCOCC(C)(C#N)C(C)=O. The molecule has 0 aliphatic carbocycles. The van der Waals surface area contributed by atoms with Crippen LogP contribution in [0.4, 0.5) is 0 Å². The van der Waals surface area contributed by atoms with Crippen molar-refractivity contribution in [3.8, 4) is 6.07 Å². The highest BCUT2D eigenvalue weighted by Gasteiger charge is 2.29. The number of ketones is 1. The van der Waals surface area contributed by atoms with Crippen LogP contribution < -0.4 is 0 Å². The van der Waals surface area contributed by atoms with Gasteiger partial charge in [0, 0.05) is 6.61 Å². The summed E-state index contributed by atoms with van der Waals surface area (Å²) in [5, 5.41) is 8.63. The summed E-state index contributed by atoms with van der Waals surface area (Å²) >= 11 is 0. The van der Waals surface area contributed by atoms with Crippen LogP contribution in [0.3, 0.4) is 0 Å². The van der Waals surface area contributed by atoms with E-state index in [1.54, 1.807) is 6.92 Å². The minimum Gasteiger partial charge on any atom is -0.380 e. The Hall–Kier alpha value is -0.880. The topological polar surface area (TPSA) is 50.1 Å². The van der Waals surface area contributed by atoms with Crippen molar-refractivity contribution in [2.75, 3.05) is 13.2 Å². The van der Waals surface area contributed by atoms with Crippen LogP contribution in [0.1, 0.15) is 20.8 Å². The maximum atomic E-state index is 10.9. The predicted octanol–water partition coefficient (Wildman–Crippen LogP) is 1.14. The molecule has 62 valence electrons. The van der Waals surface area contributed by atoms with Crippen LogP contribution in [-0.4, -0.2) is 19.0 Å². The first-order valence-corrected chi connectivity index (χ1v) is 3.57. The highest BCUT2D eigenvalue weighted by atomic mass is 16.5. The first-order valence-electron chi connectivity index (χ1n) is 3.57. The maximum Gasteiger partial charge on any atom is 0.152 e. The number of carbonyl (C=O) groups is 1. The van der Waals surface area contributed by atoms with Crippen molar-refractivity contribution in [1.82, 2.24) is 0 Å². The quantitative estimate of drug-likeness (QED) is 0.611. The van der Waals surface area contributed by atoms with E-state index < -0.39 is 5.41 Å². The fourth-order valence-corrected chi connectivity index (χ4v) is 0.519. The molecule has 1 atom stereocenters. The number of nitrogens with zero attached hydrogens (tertiary/aromatic N) is 1. The first kappa shape index (κ1) is 10.1. The Morgan fingerprint density at radius 1 is 1.73 bits per heavy atom. The summed E-state index contributed by atoms with van der Waals surface area (Å²) in [6, 6.07) is 1.94. The second kappa shape index (κ2) is 4.09. The molecule has 0 spiro atoms. The lowest BCUT2D eigenvalue weighted by molar-refractivity contribution is -0.125. The third kappa shape index (κ3) is 2.69. The average Bonchev–Trinajstić information content (AvgIpc) is 2.00. The van der Waals surface area contributed by atoms with Crippen molar-refractivity contribution in [2.45, 2.75) is 20.8 Å². The summed E-state index contributed by atoms with van der Waals surface area (Å²) < 4.78 is 5.01. The van der Waals surface area contributed by atoms with Gasteiger partial charge in [-0.2, -0.15) is 5.26 Å². The molecule has 0 aromatic heterocycles. The van der Waals surface area contributed by atoms with E-state index in [2.05, 4.69) is 0 Å². The van der Waals surface area contributed by atoms with Crippen LogP contribution in [0.5, 0.6) is 0 Å². The van der Waals surface area contributed by atoms with Crippen LogP contribution in [0.2, 0.25) is 0 Å². The Morgan fingerprint density at radius 3 is 2.55 bits per heavy atom. The number of hydrogen-bond donors (Lipinski definition) is 0. The second-order valence-corrected chi connectivity index (χ2v) is 2.64. The smallest absolute Gasteiger partial charge is 0.152 e. The molecule has 0 saturated heterocycles. The molecule has 0 radical (unpaired) electrons. The van der Waals surface area contributed by atoms with E-state index in [0.29, 0.717) is 6.61 Å². The van der Waals surface area contributed by atoms with Gasteiger partial charge in [-0.15, -0.1) is 0 Å². The standard InChI is InChI=1S/C8H13NO2/c1-4-11-6-8(3,5-9)7(2)10/h4,6H2,1-3H3. The van der Waals surface area contributed by atoms with Crippen molar-refractivity contribution in [2.24, 2.45) is 5.41 Å². The lowest BCUT2D eigenvalue weighted by atomic mass is 9.89. The van der Waals surface area contributed by atoms with Gasteiger partial charge in [0.05, 0.1) is 12.7 Å². The molecule has 3 heteroatoms. The van der Waals surface area contributed by atoms with Gasteiger partial charge in [0.1, 0.15) is 5.41 Å². The molecule has 11 heavy (non-hydrogen) atoms. The number of rotatable bonds is 4. The van der Waals surface area contributed by atoms with Gasteiger partial charge in [-0.05, 0) is 20.8 Å². The van der Waals surface area contributed by atoms with Crippen LogP contribution in [0, 0.1) is 16.7 Å². The molecule has 0 rings (SSSR count). The summed E-state index contributed by atoms with van der Waals surface area (Å²) in [7, 11) is 0. The molecule has 0 aromatic carbocycles. The molecular formula is C8H13NO2. The summed E-state index contributed by atoms with van der Waals surface area (Å²) in [6.07, 6.45) is 0. The van der Waals surface area contributed by atoms with Gasteiger partial charge in [0.2, 0.25) is 0 Å². The van der Waals surface area contributed by atoms with E-state index in [1.807, 2.05) is 13.0 Å². The van der Waals surface area contributed by atoms with Crippen molar-refractivity contribution in [3.63, 3.8) is 0 Å². The second-order valence-electron chi connectivity index (χ2n) is 2.64. The number of ether oxygens (including phenoxy) is 1. The fourth-order valence-electron chi connectivity index (χ4n) is 0.519. The number of Topliss-reactive ketones (excluding diaryl/α,β-unsaturated/α-hetero) is 1. The molecule has 0 N–H and O–H groups in total. The van der Waals surface area contributed by atoms with E-state index in [4.69, 9.17) is 10.00 Å². The van der Waals surface area contributed by atoms with Crippen molar-refractivity contribution in [3.05, 3.63) is 0 Å². The lowest BCUT2D eigenvalue weighted by Gasteiger charge is -2.16. The minimum atomic E-state index is -0.962. The monoisotopic (exact) mass is 155 g/mol. The van der Waals surface area contributed by atoms with Gasteiger partial charge in [-0.1, -0.05) is 0 Å². The molecule has 0 aliphatic heterocycles. The van der Waals surface area contributed by atoms with Gasteiger partial charge >= 0.3 is 0 Å². The Kier molecular flexibility index (Phi) is 3.77. The molecule has 0 saturated carbocycles. The van der Waals surface area contributed by atoms with Crippen LogP contribution >= 0.6 is 0 Å². The van der Waals surface area contributed by atoms with Crippen LogP contribution in [-0.2, 0) is 9.53 Å². The zero-order valence-electron chi connectivity index (χ0n) is 7.18. The number of carbonyl (C=O) groups excluding carboxylic acids is 1. The van der Waals surface area contributed by atoms with E-state index >= 15 is 0 Å². The summed E-state index contributed by atoms with van der Waals surface area (Å²) in [5.74, 6) is -0.145. The van der Waals surface area contributed by atoms with Gasteiger partial charge in [-0.3, -0.25) is 4.79 Å². The van der Waals surface area contributed by atoms with Gasteiger partial charge < -0.3 is 4.74 Å². The Labute approximate surface area is 67.0 Å². The van der Waals surface area contributed by atoms with E-state index in [9.17, 15) is 4.79 Å². The molecule has 0 bridgehead atoms. The highest BCUT2D eigenvalue weighted by molar-refractivity contribution is 5.84. The van der Waals surface area contributed by atoms with Gasteiger partial charge in [0.25, 0.3) is 0 Å². The molecule has 0 aliphatic rings. The normalized spacial score (nSPS) is 15.1. The number of nitriles is 1. The largest absolute Gasteiger partial charge is 0.380 e. The average molecular weight is 155 g/mol. The van der Waals surface area contributed by atoms with E-state index in [-0.39, 0.29) is 12.4 Å².